The predicted octanol–water partition coefficient (Wildman–Crippen LogP) is 3.25. The highest BCUT2D eigenvalue weighted by Crippen LogP contribution is 2.21. The largest absolute Gasteiger partial charge is 0.207 e. The van der Waals surface area contributed by atoms with E-state index in [4.69, 9.17) is 16.9 Å². The van der Waals surface area contributed by atoms with Crippen LogP contribution in [0.4, 0.5) is 4.39 Å². The van der Waals surface area contributed by atoms with Gasteiger partial charge in [0.05, 0.1) is 11.6 Å². The molecule has 12 heavy (non-hydrogen) atoms. The van der Waals surface area contributed by atoms with Crippen molar-refractivity contribution in [2.45, 2.75) is 5.33 Å². The standard InChI is InChI=1S/C8H4BrClFN/c9-3-7-5(4-12)1-6(10)2-8(7)11/h1-2H,3H2. The van der Waals surface area contributed by atoms with Gasteiger partial charge in [-0.25, -0.2) is 4.39 Å². The minimum atomic E-state index is -0.448. The maximum absolute atomic E-state index is 13.0. The Hall–Kier alpha value is -0.590. The van der Waals surface area contributed by atoms with Gasteiger partial charge in [0, 0.05) is 15.9 Å². The Morgan fingerprint density at radius 3 is 2.75 bits per heavy atom. The Morgan fingerprint density at radius 1 is 1.58 bits per heavy atom. The van der Waals surface area contributed by atoms with Crippen molar-refractivity contribution >= 4 is 27.5 Å². The average Bonchev–Trinajstić information content (AvgIpc) is 2.03. The third kappa shape index (κ3) is 1.77. The maximum atomic E-state index is 13.0. The highest BCUT2D eigenvalue weighted by Gasteiger charge is 2.08. The predicted molar refractivity (Wildman–Crippen MR) is 48.8 cm³/mol. The molecule has 0 aliphatic heterocycles. The van der Waals surface area contributed by atoms with Gasteiger partial charge in [0.15, 0.2) is 0 Å². The molecule has 0 aromatic heterocycles. The van der Waals surface area contributed by atoms with Crippen molar-refractivity contribution in [2.75, 3.05) is 0 Å². The zero-order valence-corrected chi connectivity index (χ0v) is 8.28. The van der Waals surface area contributed by atoms with Crippen LogP contribution in [-0.4, -0.2) is 0 Å². The molecule has 0 N–H and O–H groups in total. The lowest BCUT2D eigenvalue weighted by Crippen LogP contribution is -1.91. The van der Waals surface area contributed by atoms with Crippen LogP contribution in [0, 0.1) is 17.1 Å². The minimum absolute atomic E-state index is 0.244. The van der Waals surface area contributed by atoms with Crippen LogP contribution in [0.15, 0.2) is 12.1 Å². The van der Waals surface area contributed by atoms with E-state index in [-0.39, 0.29) is 10.6 Å². The van der Waals surface area contributed by atoms with E-state index in [9.17, 15) is 4.39 Å². The van der Waals surface area contributed by atoms with Crippen molar-refractivity contribution in [3.8, 4) is 6.07 Å². The molecule has 1 aromatic carbocycles. The Balaban J connectivity index is 3.36. The fraction of sp³-hybridized carbons (Fsp3) is 0.125. The molecule has 0 atom stereocenters. The van der Waals surface area contributed by atoms with E-state index >= 15 is 0 Å². The second-order valence-electron chi connectivity index (χ2n) is 2.16. The first kappa shape index (κ1) is 9.50. The van der Waals surface area contributed by atoms with Gasteiger partial charge in [0.25, 0.3) is 0 Å². The lowest BCUT2D eigenvalue weighted by atomic mass is 10.1. The molecular weight excluding hydrogens is 244 g/mol. The van der Waals surface area contributed by atoms with Crippen LogP contribution in [-0.2, 0) is 5.33 Å². The summed E-state index contributed by atoms with van der Waals surface area (Å²) in [5.41, 5.74) is 0.624. The molecule has 0 saturated carbocycles. The summed E-state index contributed by atoms with van der Waals surface area (Å²) in [4.78, 5) is 0. The molecule has 0 aliphatic carbocycles. The molecule has 0 saturated heterocycles. The number of rotatable bonds is 1. The van der Waals surface area contributed by atoms with Gasteiger partial charge >= 0.3 is 0 Å². The fourth-order valence-corrected chi connectivity index (χ4v) is 1.61. The number of nitrogens with zero attached hydrogens (tertiary/aromatic N) is 1. The number of hydrogen-bond donors (Lipinski definition) is 0. The summed E-state index contributed by atoms with van der Waals surface area (Å²) in [7, 11) is 0. The smallest absolute Gasteiger partial charge is 0.130 e. The highest BCUT2D eigenvalue weighted by atomic mass is 79.9. The third-order valence-electron chi connectivity index (χ3n) is 1.41. The SMILES string of the molecule is N#Cc1cc(Cl)cc(F)c1CBr. The van der Waals surface area contributed by atoms with Crippen molar-refractivity contribution in [1.82, 2.24) is 0 Å². The van der Waals surface area contributed by atoms with Crippen molar-refractivity contribution in [1.29, 1.82) is 5.26 Å². The molecule has 0 unspecified atom stereocenters. The summed E-state index contributed by atoms with van der Waals surface area (Å²) in [6, 6.07) is 4.51. The van der Waals surface area contributed by atoms with Crippen LogP contribution >= 0.6 is 27.5 Å². The molecular formula is C8H4BrClFN. The average molecular weight is 248 g/mol. The third-order valence-corrected chi connectivity index (χ3v) is 2.19. The Morgan fingerprint density at radius 2 is 2.25 bits per heavy atom. The van der Waals surface area contributed by atoms with E-state index in [0.717, 1.165) is 0 Å². The Kier molecular flexibility index (Phi) is 3.07. The maximum Gasteiger partial charge on any atom is 0.130 e. The minimum Gasteiger partial charge on any atom is -0.207 e. The van der Waals surface area contributed by atoms with Crippen molar-refractivity contribution < 1.29 is 4.39 Å². The number of halogens is 3. The highest BCUT2D eigenvalue weighted by molar-refractivity contribution is 9.08. The molecule has 0 aliphatic rings. The monoisotopic (exact) mass is 247 g/mol. The summed E-state index contributed by atoms with van der Waals surface area (Å²) < 4.78 is 13.0. The molecule has 1 aromatic rings. The number of benzene rings is 1. The van der Waals surface area contributed by atoms with Gasteiger partial charge in [-0.2, -0.15) is 5.26 Å². The Bertz CT molecular complexity index is 346. The van der Waals surface area contributed by atoms with Crippen LogP contribution in [0.3, 0.4) is 0 Å². The van der Waals surface area contributed by atoms with Crippen molar-refractivity contribution in [3.05, 3.63) is 34.1 Å². The zero-order valence-electron chi connectivity index (χ0n) is 5.94. The van der Waals surface area contributed by atoms with Crippen LogP contribution in [0.2, 0.25) is 5.02 Å². The van der Waals surface area contributed by atoms with E-state index in [2.05, 4.69) is 15.9 Å². The first-order valence-electron chi connectivity index (χ1n) is 3.13. The summed E-state index contributed by atoms with van der Waals surface area (Å²) in [5.74, 6) is -0.448. The van der Waals surface area contributed by atoms with Gasteiger partial charge < -0.3 is 0 Å². The second kappa shape index (κ2) is 3.88. The van der Waals surface area contributed by atoms with Gasteiger partial charge in [-0.3, -0.25) is 0 Å². The normalized spacial score (nSPS) is 9.50. The van der Waals surface area contributed by atoms with E-state index in [1.54, 1.807) is 0 Å². The molecule has 0 spiro atoms. The van der Waals surface area contributed by atoms with E-state index in [1.807, 2.05) is 6.07 Å². The van der Waals surface area contributed by atoms with Gasteiger partial charge in [0.2, 0.25) is 0 Å². The number of hydrogen-bond acceptors (Lipinski definition) is 1. The quantitative estimate of drug-likeness (QED) is 0.700. The number of nitriles is 1. The van der Waals surface area contributed by atoms with E-state index in [1.165, 1.54) is 12.1 Å². The van der Waals surface area contributed by atoms with E-state index < -0.39 is 5.82 Å². The first-order chi connectivity index (χ1) is 5.69. The van der Waals surface area contributed by atoms with Crippen LogP contribution < -0.4 is 0 Å². The lowest BCUT2D eigenvalue weighted by Gasteiger charge is -2.01. The van der Waals surface area contributed by atoms with Gasteiger partial charge in [0.1, 0.15) is 5.82 Å². The first-order valence-corrected chi connectivity index (χ1v) is 4.63. The van der Waals surface area contributed by atoms with Gasteiger partial charge in [-0.1, -0.05) is 27.5 Å². The molecule has 0 amide bonds. The molecule has 4 heteroatoms. The van der Waals surface area contributed by atoms with Crippen molar-refractivity contribution in [2.24, 2.45) is 0 Å². The molecule has 0 fully saturated rings. The molecule has 0 heterocycles. The summed E-state index contributed by atoms with van der Waals surface area (Å²) in [6.07, 6.45) is 0. The fourth-order valence-electron chi connectivity index (χ4n) is 0.839. The summed E-state index contributed by atoms with van der Waals surface area (Å²) in [6.45, 7) is 0. The summed E-state index contributed by atoms with van der Waals surface area (Å²) >= 11 is 8.64. The van der Waals surface area contributed by atoms with E-state index in [0.29, 0.717) is 10.9 Å². The van der Waals surface area contributed by atoms with Crippen molar-refractivity contribution in [3.63, 3.8) is 0 Å². The zero-order chi connectivity index (χ0) is 9.14. The second-order valence-corrected chi connectivity index (χ2v) is 3.16. The topological polar surface area (TPSA) is 23.8 Å². The summed E-state index contributed by atoms with van der Waals surface area (Å²) in [5, 5.41) is 9.16. The van der Waals surface area contributed by atoms with Crippen LogP contribution in [0.1, 0.15) is 11.1 Å². The Labute approximate surface area is 82.9 Å². The number of alkyl halides is 1. The molecule has 1 rings (SSSR count). The van der Waals surface area contributed by atoms with Gasteiger partial charge in [-0.05, 0) is 12.1 Å². The van der Waals surface area contributed by atoms with Crippen LogP contribution in [0.5, 0.6) is 0 Å². The molecule has 62 valence electrons. The lowest BCUT2D eigenvalue weighted by molar-refractivity contribution is 0.617. The van der Waals surface area contributed by atoms with Crippen LogP contribution in [0.25, 0.3) is 0 Å². The van der Waals surface area contributed by atoms with Gasteiger partial charge in [-0.15, -0.1) is 0 Å². The molecule has 0 bridgehead atoms. The molecule has 0 radical (unpaired) electrons. The molecule has 1 nitrogen and oxygen atoms in total.